The van der Waals surface area contributed by atoms with Crippen LogP contribution in [0, 0.1) is 0 Å². The molecule has 0 saturated heterocycles. The van der Waals surface area contributed by atoms with Crippen molar-refractivity contribution in [2.45, 2.75) is 45.3 Å². The lowest BCUT2D eigenvalue weighted by atomic mass is 10.0. The van der Waals surface area contributed by atoms with Gasteiger partial charge in [-0.05, 0) is 38.8 Å². The van der Waals surface area contributed by atoms with Crippen LogP contribution in [0.3, 0.4) is 0 Å². The van der Waals surface area contributed by atoms with Gasteiger partial charge in [0.2, 0.25) is 0 Å². The van der Waals surface area contributed by atoms with Gasteiger partial charge in [0, 0.05) is 17.1 Å². The first-order chi connectivity index (χ1) is 11.7. The minimum Gasteiger partial charge on any atom is -0.481 e. The molecule has 0 aliphatic rings. The number of carboxylic acid groups (broad SMARTS) is 1. The van der Waals surface area contributed by atoms with Crippen LogP contribution in [0.2, 0.25) is 0 Å². The first kappa shape index (κ1) is 18.6. The highest BCUT2D eigenvalue weighted by Crippen LogP contribution is 2.19. The number of carboxylic acids is 1. The van der Waals surface area contributed by atoms with E-state index >= 15 is 0 Å². The monoisotopic (exact) mass is 344 g/mol. The quantitative estimate of drug-likeness (QED) is 0.698. The maximum atomic E-state index is 12.1. The number of carbonyl (C=O) groups excluding carboxylic acids is 1. The predicted octanol–water partition coefficient (Wildman–Crippen LogP) is 3.63. The largest absolute Gasteiger partial charge is 0.481 e. The van der Waals surface area contributed by atoms with Gasteiger partial charge in [-0.2, -0.15) is 0 Å². The van der Waals surface area contributed by atoms with Gasteiger partial charge in [0.1, 0.15) is 5.60 Å². The number of fused-ring (bicyclic) bond motifs is 1. The van der Waals surface area contributed by atoms with E-state index in [4.69, 9.17) is 9.84 Å². The van der Waals surface area contributed by atoms with Crippen LogP contribution in [0.5, 0.6) is 0 Å². The fourth-order valence-corrected chi connectivity index (χ4v) is 2.50. The van der Waals surface area contributed by atoms with E-state index in [1.54, 1.807) is 32.9 Å². The van der Waals surface area contributed by atoms with Gasteiger partial charge in [-0.15, -0.1) is 0 Å². The molecule has 1 heterocycles. The van der Waals surface area contributed by atoms with E-state index in [0.29, 0.717) is 6.42 Å². The van der Waals surface area contributed by atoms with E-state index in [1.165, 1.54) is 0 Å². The molecular formula is C19H24N2O4. The van der Waals surface area contributed by atoms with Crippen LogP contribution in [0.4, 0.5) is 4.79 Å². The van der Waals surface area contributed by atoms with Gasteiger partial charge in [0.15, 0.2) is 0 Å². The molecule has 1 aromatic heterocycles. The summed E-state index contributed by atoms with van der Waals surface area (Å²) < 4.78 is 5.29. The molecule has 0 fully saturated rings. The van der Waals surface area contributed by atoms with Crippen LogP contribution in [-0.2, 0) is 16.0 Å². The first-order valence-corrected chi connectivity index (χ1v) is 8.17. The molecule has 1 amide bonds. The van der Waals surface area contributed by atoms with Gasteiger partial charge in [-0.1, -0.05) is 30.4 Å². The Morgan fingerprint density at radius 1 is 1.32 bits per heavy atom. The van der Waals surface area contributed by atoms with Crippen LogP contribution in [0.1, 0.15) is 32.8 Å². The zero-order valence-corrected chi connectivity index (χ0v) is 14.7. The van der Waals surface area contributed by atoms with Gasteiger partial charge < -0.3 is 20.1 Å². The number of carbonyl (C=O) groups is 2. The molecule has 2 rings (SSSR count). The summed E-state index contributed by atoms with van der Waals surface area (Å²) in [5.41, 5.74) is 1.46. The third-order valence-electron chi connectivity index (χ3n) is 3.48. The second-order valence-corrected chi connectivity index (χ2v) is 6.84. The Bertz CT molecular complexity index is 771. The van der Waals surface area contributed by atoms with E-state index < -0.39 is 17.7 Å². The zero-order valence-electron chi connectivity index (χ0n) is 14.7. The number of para-hydroxylation sites is 1. The SMILES string of the molecule is CC(C)(C)OC(=O)N[C@H](/C=C/CC(=O)O)Cc1c[nH]c2ccccc12. The second-order valence-electron chi connectivity index (χ2n) is 6.84. The summed E-state index contributed by atoms with van der Waals surface area (Å²) in [5, 5.41) is 12.7. The van der Waals surface area contributed by atoms with Crippen molar-refractivity contribution < 1.29 is 19.4 Å². The Morgan fingerprint density at radius 3 is 2.72 bits per heavy atom. The predicted molar refractivity (Wildman–Crippen MR) is 96.6 cm³/mol. The molecular weight excluding hydrogens is 320 g/mol. The molecule has 0 radical (unpaired) electrons. The molecule has 6 heteroatoms. The number of hydrogen-bond acceptors (Lipinski definition) is 3. The van der Waals surface area contributed by atoms with Gasteiger partial charge in [0.05, 0.1) is 12.5 Å². The summed E-state index contributed by atoms with van der Waals surface area (Å²) in [4.78, 5) is 26.0. The van der Waals surface area contributed by atoms with Gasteiger partial charge in [-0.25, -0.2) is 4.79 Å². The van der Waals surface area contributed by atoms with Crippen LogP contribution in [-0.4, -0.2) is 33.8 Å². The lowest BCUT2D eigenvalue weighted by molar-refractivity contribution is -0.136. The molecule has 0 aliphatic heterocycles. The molecule has 0 bridgehead atoms. The van der Waals surface area contributed by atoms with E-state index in [0.717, 1.165) is 16.5 Å². The molecule has 1 aromatic carbocycles. The van der Waals surface area contributed by atoms with Crippen molar-refractivity contribution in [1.82, 2.24) is 10.3 Å². The molecule has 0 saturated carbocycles. The van der Waals surface area contributed by atoms with Crippen molar-refractivity contribution in [1.29, 1.82) is 0 Å². The van der Waals surface area contributed by atoms with Crippen LogP contribution in [0.25, 0.3) is 10.9 Å². The summed E-state index contributed by atoms with van der Waals surface area (Å²) in [7, 11) is 0. The number of aromatic nitrogens is 1. The summed E-state index contributed by atoms with van der Waals surface area (Å²) in [5.74, 6) is -0.917. The Labute approximate surface area is 146 Å². The van der Waals surface area contributed by atoms with Gasteiger partial charge in [0.25, 0.3) is 0 Å². The summed E-state index contributed by atoms with van der Waals surface area (Å²) >= 11 is 0. The highest BCUT2D eigenvalue weighted by molar-refractivity contribution is 5.83. The van der Waals surface area contributed by atoms with Crippen molar-refractivity contribution in [2.24, 2.45) is 0 Å². The molecule has 3 N–H and O–H groups in total. The number of aromatic amines is 1. The lowest BCUT2D eigenvalue weighted by Gasteiger charge is -2.22. The van der Waals surface area contributed by atoms with E-state index in [-0.39, 0.29) is 12.5 Å². The molecule has 6 nitrogen and oxygen atoms in total. The van der Waals surface area contributed by atoms with Gasteiger partial charge >= 0.3 is 12.1 Å². The average molecular weight is 344 g/mol. The van der Waals surface area contributed by atoms with Crippen LogP contribution in [0.15, 0.2) is 42.6 Å². The van der Waals surface area contributed by atoms with Crippen LogP contribution >= 0.6 is 0 Å². The summed E-state index contributed by atoms with van der Waals surface area (Å²) in [6, 6.07) is 7.53. The number of hydrogen-bond donors (Lipinski definition) is 3. The smallest absolute Gasteiger partial charge is 0.408 e. The fourth-order valence-electron chi connectivity index (χ4n) is 2.50. The minimum absolute atomic E-state index is 0.0968. The van der Waals surface area contributed by atoms with Crippen molar-refractivity contribution >= 4 is 23.0 Å². The fraction of sp³-hybridized carbons (Fsp3) is 0.368. The topological polar surface area (TPSA) is 91.4 Å². The third-order valence-corrected chi connectivity index (χ3v) is 3.48. The number of amides is 1. The molecule has 1 atom stereocenters. The number of nitrogens with one attached hydrogen (secondary N) is 2. The summed E-state index contributed by atoms with van der Waals surface area (Å²) in [6.07, 6.45) is 5.04. The van der Waals surface area contributed by atoms with Crippen molar-refractivity contribution in [2.75, 3.05) is 0 Å². The van der Waals surface area contributed by atoms with E-state index in [2.05, 4.69) is 10.3 Å². The Morgan fingerprint density at radius 2 is 2.04 bits per heavy atom. The van der Waals surface area contributed by atoms with E-state index in [1.807, 2.05) is 30.5 Å². The number of rotatable bonds is 6. The van der Waals surface area contributed by atoms with Crippen LogP contribution < -0.4 is 5.32 Å². The highest BCUT2D eigenvalue weighted by atomic mass is 16.6. The normalized spacial score (nSPS) is 13.1. The number of ether oxygens (including phenoxy) is 1. The van der Waals surface area contributed by atoms with E-state index in [9.17, 15) is 9.59 Å². The number of alkyl carbamates (subject to hydrolysis) is 1. The third kappa shape index (κ3) is 5.99. The first-order valence-electron chi connectivity index (χ1n) is 8.17. The second kappa shape index (κ2) is 7.88. The number of H-pyrrole nitrogens is 1. The number of benzene rings is 1. The molecule has 25 heavy (non-hydrogen) atoms. The van der Waals surface area contributed by atoms with Crippen molar-refractivity contribution in [3.05, 3.63) is 48.2 Å². The molecule has 0 spiro atoms. The standard InChI is InChI=1S/C19H24N2O4/c1-19(2,3)25-18(24)21-14(7-6-10-17(22)23)11-13-12-20-16-9-5-4-8-15(13)16/h4-9,12,14,20H,10-11H2,1-3H3,(H,21,24)(H,22,23)/b7-6+/t14-/m1/s1. The minimum atomic E-state index is -0.917. The highest BCUT2D eigenvalue weighted by Gasteiger charge is 2.19. The maximum Gasteiger partial charge on any atom is 0.408 e. The average Bonchev–Trinajstić information content (AvgIpc) is 2.88. The zero-order chi connectivity index (χ0) is 18.4. The van der Waals surface area contributed by atoms with Gasteiger partial charge in [-0.3, -0.25) is 4.79 Å². The van der Waals surface area contributed by atoms with Crippen molar-refractivity contribution in [3.63, 3.8) is 0 Å². The Kier molecular flexibility index (Phi) is 5.85. The molecule has 134 valence electrons. The maximum absolute atomic E-state index is 12.1. The molecule has 0 unspecified atom stereocenters. The lowest BCUT2D eigenvalue weighted by Crippen LogP contribution is -2.39. The van der Waals surface area contributed by atoms with Crippen molar-refractivity contribution in [3.8, 4) is 0 Å². The Hall–Kier alpha value is -2.76. The number of aliphatic carboxylic acids is 1. The molecule has 2 aromatic rings. The molecule has 0 aliphatic carbocycles. The Balaban J connectivity index is 2.14. The summed E-state index contributed by atoms with van der Waals surface area (Å²) in [6.45, 7) is 5.38.